The molecule has 0 radical (unpaired) electrons. The number of hydrogen-bond acceptors (Lipinski definition) is 2. The van der Waals surface area contributed by atoms with Crippen LogP contribution in [-0.2, 0) is 0 Å². The van der Waals surface area contributed by atoms with E-state index in [2.05, 4.69) is 21.2 Å². The van der Waals surface area contributed by atoms with Crippen LogP contribution in [0.1, 0.15) is 15.9 Å². The van der Waals surface area contributed by atoms with Crippen LogP contribution in [0.25, 0.3) is 0 Å². The van der Waals surface area contributed by atoms with Crippen molar-refractivity contribution in [3.63, 3.8) is 0 Å². The smallest absolute Gasteiger partial charge is 0.261 e. The number of rotatable bonds is 2. The van der Waals surface area contributed by atoms with Crippen LogP contribution in [0.5, 0.6) is 0 Å². The van der Waals surface area contributed by atoms with Gasteiger partial charge in [-0.1, -0.05) is 15.9 Å². The molecule has 2 aromatic rings. The van der Waals surface area contributed by atoms with Gasteiger partial charge in [0.25, 0.3) is 5.91 Å². The molecule has 0 aliphatic carbocycles. The Morgan fingerprint density at radius 1 is 1.39 bits per heavy atom. The number of nitrogens with one attached hydrogen (secondary N) is 1. The Bertz CT molecular complexity index is 599. The molecule has 0 saturated heterocycles. The number of anilines is 1. The minimum atomic E-state index is -0.304. The van der Waals surface area contributed by atoms with Crippen molar-refractivity contribution in [2.24, 2.45) is 0 Å². The highest BCUT2D eigenvalue weighted by Crippen LogP contribution is 2.20. The van der Waals surface area contributed by atoms with Crippen LogP contribution >= 0.6 is 15.9 Å². The Morgan fingerprint density at radius 2 is 2.17 bits per heavy atom. The number of carbonyl (C=O) groups is 1. The fourth-order valence-electron chi connectivity index (χ4n) is 1.51. The quantitative estimate of drug-likeness (QED) is 0.685. The van der Waals surface area contributed by atoms with Crippen LogP contribution in [0.2, 0.25) is 0 Å². The summed E-state index contributed by atoms with van der Waals surface area (Å²) in [7, 11) is 0. The fraction of sp³-hybridized carbons (Fsp3) is 0.0769. The first kappa shape index (κ1) is 12.6. The number of benzene rings is 1. The number of amides is 1. The van der Waals surface area contributed by atoms with Gasteiger partial charge in [-0.25, -0.2) is 0 Å². The molecule has 1 aromatic heterocycles. The maximum absolute atomic E-state index is 11.9. The third-order valence-electron chi connectivity index (χ3n) is 2.45. The predicted octanol–water partition coefficient (Wildman–Crippen LogP) is 2.64. The van der Waals surface area contributed by atoms with Crippen LogP contribution in [0.15, 0.2) is 47.2 Å². The average Bonchev–Trinajstić information content (AvgIpc) is 2.34. The zero-order chi connectivity index (χ0) is 13.1. The van der Waals surface area contributed by atoms with E-state index in [0.717, 1.165) is 10.0 Å². The van der Waals surface area contributed by atoms with Crippen molar-refractivity contribution in [2.75, 3.05) is 5.32 Å². The highest BCUT2D eigenvalue weighted by atomic mass is 79.9. The molecule has 1 heterocycles. The third-order valence-corrected chi connectivity index (χ3v) is 3.34. The number of halogens is 1. The molecule has 0 fully saturated rings. The SMILES string of the molecule is Cc1cc(NC(=O)c2ccc[n+]([O-])c2)ccc1Br. The number of aryl methyl sites for hydroxylation is 1. The Morgan fingerprint density at radius 3 is 2.83 bits per heavy atom. The molecule has 1 aromatic carbocycles. The molecular formula is C13H11BrN2O2. The summed E-state index contributed by atoms with van der Waals surface area (Å²) in [5, 5.41) is 13.8. The average molecular weight is 307 g/mol. The van der Waals surface area contributed by atoms with Gasteiger partial charge in [-0.15, -0.1) is 0 Å². The van der Waals surface area contributed by atoms with E-state index in [1.165, 1.54) is 18.5 Å². The molecule has 18 heavy (non-hydrogen) atoms. The second kappa shape index (κ2) is 5.18. The highest BCUT2D eigenvalue weighted by molar-refractivity contribution is 9.10. The lowest BCUT2D eigenvalue weighted by Gasteiger charge is -2.06. The first-order valence-electron chi connectivity index (χ1n) is 5.32. The number of pyridine rings is 1. The van der Waals surface area contributed by atoms with E-state index in [1.807, 2.05) is 19.1 Å². The van der Waals surface area contributed by atoms with Gasteiger partial charge >= 0.3 is 0 Å². The van der Waals surface area contributed by atoms with Gasteiger partial charge in [0.15, 0.2) is 12.4 Å². The largest absolute Gasteiger partial charge is 0.619 e. The standard InChI is InChI=1S/C13H11BrN2O2/c1-9-7-11(4-5-12(9)14)15-13(17)10-3-2-6-16(18)8-10/h2-8H,1H3,(H,15,17). The van der Waals surface area contributed by atoms with E-state index < -0.39 is 0 Å². The molecule has 0 spiro atoms. The summed E-state index contributed by atoms with van der Waals surface area (Å²) in [6, 6.07) is 8.65. The normalized spacial score (nSPS) is 10.1. The lowest BCUT2D eigenvalue weighted by Crippen LogP contribution is -2.27. The Hall–Kier alpha value is -1.88. The molecule has 4 nitrogen and oxygen atoms in total. The van der Waals surface area contributed by atoms with E-state index in [4.69, 9.17) is 0 Å². The van der Waals surface area contributed by atoms with Crippen LogP contribution in [0.4, 0.5) is 5.69 Å². The van der Waals surface area contributed by atoms with Crippen molar-refractivity contribution in [2.45, 2.75) is 6.92 Å². The lowest BCUT2D eigenvalue weighted by molar-refractivity contribution is -0.605. The molecular weight excluding hydrogens is 296 g/mol. The van der Waals surface area contributed by atoms with Crippen LogP contribution in [0, 0.1) is 12.1 Å². The number of carbonyl (C=O) groups excluding carboxylic acids is 1. The number of aromatic nitrogens is 1. The molecule has 0 atom stereocenters. The van der Waals surface area contributed by atoms with Gasteiger partial charge in [-0.3, -0.25) is 4.79 Å². The molecule has 92 valence electrons. The zero-order valence-electron chi connectivity index (χ0n) is 9.68. The van der Waals surface area contributed by atoms with E-state index in [0.29, 0.717) is 16.0 Å². The topological polar surface area (TPSA) is 56.0 Å². The Balaban J connectivity index is 2.18. The second-order valence-electron chi connectivity index (χ2n) is 3.87. The summed E-state index contributed by atoms with van der Waals surface area (Å²) in [6.45, 7) is 1.94. The highest BCUT2D eigenvalue weighted by Gasteiger charge is 2.09. The fourth-order valence-corrected chi connectivity index (χ4v) is 1.76. The molecule has 0 aliphatic rings. The molecule has 0 unspecified atom stereocenters. The van der Waals surface area contributed by atoms with Crippen molar-refractivity contribution in [1.82, 2.24) is 0 Å². The molecule has 2 rings (SSSR count). The van der Waals surface area contributed by atoms with Gasteiger partial charge in [0.05, 0.1) is 0 Å². The van der Waals surface area contributed by atoms with Gasteiger partial charge in [0.2, 0.25) is 0 Å². The first-order valence-corrected chi connectivity index (χ1v) is 6.12. The van der Waals surface area contributed by atoms with E-state index in [9.17, 15) is 10.0 Å². The van der Waals surface area contributed by atoms with Gasteiger partial charge in [0.1, 0.15) is 5.56 Å². The van der Waals surface area contributed by atoms with Crippen molar-refractivity contribution < 1.29 is 9.52 Å². The number of nitrogens with zero attached hydrogens (tertiary/aromatic N) is 1. The van der Waals surface area contributed by atoms with Crippen molar-refractivity contribution in [3.05, 3.63) is 63.5 Å². The molecule has 0 bridgehead atoms. The summed E-state index contributed by atoms with van der Waals surface area (Å²) >= 11 is 3.39. The lowest BCUT2D eigenvalue weighted by atomic mass is 10.2. The van der Waals surface area contributed by atoms with E-state index in [1.54, 1.807) is 12.1 Å². The summed E-state index contributed by atoms with van der Waals surface area (Å²) in [4.78, 5) is 11.9. The van der Waals surface area contributed by atoms with Crippen LogP contribution in [-0.4, -0.2) is 5.91 Å². The van der Waals surface area contributed by atoms with E-state index >= 15 is 0 Å². The summed E-state index contributed by atoms with van der Waals surface area (Å²) < 4.78 is 1.58. The van der Waals surface area contributed by atoms with Crippen LogP contribution < -0.4 is 10.0 Å². The minimum absolute atomic E-state index is 0.304. The first-order chi connectivity index (χ1) is 8.56. The molecule has 0 aliphatic heterocycles. The third kappa shape index (κ3) is 2.87. The van der Waals surface area contributed by atoms with E-state index in [-0.39, 0.29) is 5.91 Å². The van der Waals surface area contributed by atoms with Gasteiger partial charge in [-0.2, -0.15) is 4.73 Å². The maximum atomic E-state index is 11.9. The Kier molecular flexibility index (Phi) is 3.62. The summed E-state index contributed by atoms with van der Waals surface area (Å²) in [5.74, 6) is -0.304. The summed E-state index contributed by atoms with van der Waals surface area (Å²) in [6.07, 6.45) is 2.57. The van der Waals surface area contributed by atoms with Gasteiger partial charge in [0, 0.05) is 16.2 Å². The van der Waals surface area contributed by atoms with Gasteiger partial charge in [-0.05, 0) is 36.8 Å². The molecule has 0 saturated carbocycles. The van der Waals surface area contributed by atoms with Gasteiger partial charge < -0.3 is 10.5 Å². The molecule has 1 N–H and O–H groups in total. The van der Waals surface area contributed by atoms with Crippen molar-refractivity contribution in [3.8, 4) is 0 Å². The van der Waals surface area contributed by atoms with Crippen LogP contribution in [0.3, 0.4) is 0 Å². The minimum Gasteiger partial charge on any atom is -0.619 e. The second-order valence-corrected chi connectivity index (χ2v) is 4.72. The monoisotopic (exact) mass is 306 g/mol. The molecule has 5 heteroatoms. The van der Waals surface area contributed by atoms with Crippen molar-refractivity contribution >= 4 is 27.5 Å². The Labute approximate surface area is 113 Å². The predicted molar refractivity (Wildman–Crippen MR) is 72.2 cm³/mol. The molecule has 1 amide bonds. The zero-order valence-corrected chi connectivity index (χ0v) is 11.3. The van der Waals surface area contributed by atoms with Crippen molar-refractivity contribution in [1.29, 1.82) is 0 Å². The number of hydrogen-bond donors (Lipinski definition) is 1. The summed E-state index contributed by atoms with van der Waals surface area (Å²) in [5.41, 5.74) is 2.05. The maximum Gasteiger partial charge on any atom is 0.261 e.